The smallest absolute Gasteiger partial charge is 0.408 e. The Morgan fingerprint density at radius 2 is 1.29 bits per heavy atom. The van der Waals surface area contributed by atoms with Gasteiger partial charge in [0.2, 0.25) is 23.6 Å². The Hall–Kier alpha value is -6.75. The van der Waals surface area contributed by atoms with E-state index in [0.29, 0.717) is 0 Å². The number of hydrogen-bond acceptors (Lipinski definition) is 6. The van der Waals surface area contributed by atoms with Gasteiger partial charge in [-0.2, -0.15) is 0 Å². The van der Waals surface area contributed by atoms with Gasteiger partial charge in [0.25, 0.3) is 0 Å². The lowest BCUT2D eigenvalue weighted by molar-refractivity contribution is -0.135. The van der Waals surface area contributed by atoms with E-state index >= 15 is 4.79 Å². The van der Waals surface area contributed by atoms with Crippen molar-refractivity contribution in [2.75, 3.05) is 6.54 Å². The van der Waals surface area contributed by atoms with Crippen LogP contribution in [0.1, 0.15) is 41.7 Å². The summed E-state index contributed by atoms with van der Waals surface area (Å²) in [5, 5.41) is 14.6. The van der Waals surface area contributed by atoms with Crippen LogP contribution in [0.25, 0.3) is 22.3 Å². The van der Waals surface area contributed by atoms with Gasteiger partial charge in [-0.05, 0) is 62.1 Å². The van der Waals surface area contributed by atoms with E-state index in [1.807, 2.05) is 127 Å². The van der Waals surface area contributed by atoms with Gasteiger partial charge in [0.05, 0.1) is 6.54 Å². The molecule has 2 aliphatic rings. The van der Waals surface area contributed by atoms with Crippen LogP contribution in [0.5, 0.6) is 0 Å². The van der Waals surface area contributed by atoms with Crippen LogP contribution in [0.15, 0.2) is 127 Å². The Balaban J connectivity index is 1.35. The fourth-order valence-corrected chi connectivity index (χ4v) is 7.83. The number of hydrogen-bond donors (Lipinski definition) is 5. The minimum Gasteiger partial charge on any atom is -0.445 e. The second-order valence-electron chi connectivity index (χ2n) is 15.2. The molecule has 11 heteroatoms. The Morgan fingerprint density at radius 3 is 1.93 bits per heavy atom. The quantitative estimate of drug-likeness (QED) is 0.142. The highest BCUT2D eigenvalue weighted by Crippen LogP contribution is 2.45. The molecule has 0 aromatic heterocycles. The predicted octanol–water partition coefficient (Wildman–Crippen LogP) is 5.40. The Labute approximate surface area is 338 Å². The van der Waals surface area contributed by atoms with Gasteiger partial charge in [0, 0.05) is 25.8 Å². The number of ether oxygens (including phenoxy) is 1. The van der Waals surface area contributed by atoms with Crippen molar-refractivity contribution in [2.45, 2.75) is 63.9 Å². The number of rotatable bonds is 8. The van der Waals surface area contributed by atoms with E-state index in [-0.39, 0.29) is 39.0 Å². The molecule has 3 atom stereocenters. The van der Waals surface area contributed by atoms with E-state index in [1.165, 1.54) is 0 Å². The molecule has 1 unspecified atom stereocenters. The molecule has 11 nitrogen and oxygen atoms in total. The Bertz CT molecular complexity index is 2290. The molecule has 0 saturated carbocycles. The summed E-state index contributed by atoms with van der Waals surface area (Å²) in [6.07, 6.45) is -0.507. The van der Waals surface area contributed by atoms with Gasteiger partial charge < -0.3 is 31.3 Å². The molecule has 0 radical (unpaired) electrons. The van der Waals surface area contributed by atoms with Gasteiger partial charge in [0.1, 0.15) is 24.2 Å². The first-order valence-corrected chi connectivity index (χ1v) is 19.6. The second-order valence-corrected chi connectivity index (χ2v) is 15.2. The largest absolute Gasteiger partial charge is 0.445 e. The molecule has 0 spiro atoms. The molecule has 5 amide bonds. The topological polar surface area (TPSA) is 155 Å². The fraction of sp³-hybridized carbons (Fsp3) is 0.255. The first-order chi connectivity index (χ1) is 28.1. The minimum atomic E-state index is -1.60. The van der Waals surface area contributed by atoms with Crippen molar-refractivity contribution in [3.05, 3.63) is 155 Å². The van der Waals surface area contributed by atoms with E-state index < -0.39 is 53.3 Å². The number of carbonyl (C=O) groups excluding carboxylic acids is 5. The predicted molar refractivity (Wildman–Crippen MR) is 221 cm³/mol. The van der Waals surface area contributed by atoms with Gasteiger partial charge in [-0.1, -0.05) is 135 Å². The third-order valence-electron chi connectivity index (χ3n) is 10.8. The van der Waals surface area contributed by atoms with Crippen LogP contribution in [-0.2, 0) is 56.3 Å². The van der Waals surface area contributed by atoms with Crippen molar-refractivity contribution < 1.29 is 28.7 Å². The average molecular weight is 778 g/mol. The van der Waals surface area contributed by atoms with Crippen molar-refractivity contribution in [1.82, 2.24) is 26.6 Å². The van der Waals surface area contributed by atoms with Gasteiger partial charge in [-0.15, -0.1) is 0 Å². The van der Waals surface area contributed by atoms with Crippen LogP contribution >= 0.6 is 0 Å². The van der Waals surface area contributed by atoms with Crippen molar-refractivity contribution in [3.8, 4) is 22.3 Å². The Kier molecular flexibility index (Phi) is 12.0. The van der Waals surface area contributed by atoms with E-state index in [9.17, 15) is 19.2 Å². The maximum atomic E-state index is 15.1. The normalized spacial score (nSPS) is 19.7. The summed E-state index contributed by atoms with van der Waals surface area (Å²) in [5.41, 5.74) is 5.83. The number of nitrogens with one attached hydrogen (secondary N) is 5. The third kappa shape index (κ3) is 8.94. The van der Waals surface area contributed by atoms with Gasteiger partial charge in [-0.3, -0.25) is 19.2 Å². The standard InChI is InChI=1S/C47H47N5O6/c1-30(2)42-44(55)50-39(23-31-15-7-3-8-16-31)43(54)49-28-40(53)48-27-35-24-36(33-19-11-5-12-20-33)37-25-47(45(56)51-42,26-38(37)41(35)34-21-13-6-14-22-34)52-46(57)58-29-32-17-9-4-10-18-32/h3-22,24,30,39,42H,23,25-29H2,1-2H3,(H,48,53)(H,49,54)(H,50,55)(H,51,56)(H,52,57)/t39-,42-,47?/m0/s1. The van der Waals surface area contributed by atoms with Gasteiger partial charge in [-0.25, -0.2) is 4.79 Å². The summed E-state index contributed by atoms with van der Waals surface area (Å²) in [7, 11) is 0. The van der Waals surface area contributed by atoms with Crippen molar-refractivity contribution in [3.63, 3.8) is 0 Å². The molecule has 0 fully saturated rings. The highest BCUT2D eigenvalue weighted by Gasteiger charge is 2.49. The molecule has 5 aromatic carbocycles. The monoisotopic (exact) mass is 777 g/mol. The highest BCUT2D eigenvalue weighted by molar-refractivity contribution is 5.98. The summed E-state index contributed by atoms with van der Waals surface area (Å²) >= 11 is 0. The maximum absolute atomic E-state index is 15.1. The summed E-state index contributed by atoms with van der Waals surface area (Å²) in [5.74, 6) is -2.54. The maximum Gasteiger partial charge on any atom is 0.408 e. The highest BCUT2D eigenvalue weighted by atomic mass is 16.5. The fourth-order valence-electron chi connectivity index (χ4n) is 7.83. The summed E-state index contributed by atoms with van der Waals surface area (Å²) in [4.78, 5) is 70.4. The van der Waals surface area contributed by atoms with E-state index in [1.54, 1.807) is 13.8 Å². The van der Waals surface area contributed by atoms with Crippen molar-refractivity contribution in [1.29, 1.82) is 0 Å². The van der Waals surface area contributed by atoms with Crippen molar-refractivity contribution in [2.24, 2.45) is 5.92 Å². The van der Waals surface area contributed by atoms with Crippen LogP contribution in [0.2, 0.25) is 0 Å². The third-order valence-corrected chi connectivity index (χ3v) is 10.8. The summed E-state index contributed by atoms with van der Waals surface area (Å²) in [6, 6.07) is 37.8. The molecule has 0 saturated heterocycles. The minimum absolute atomic E-state index is 0.0202. The lowest BCUT2D eigenvalue weighted by Crippen LogP contribution is -2.64. The Morgan fingerprint density at radius 1 is 0.707 bits per heavy atom. The lowest BCUT2D eigenvalue weighted by Gasteiger charge is -2.32. The zero-order valence-electron chi connectivity index (χ0n) is 32.5. The molecule has 7 rings (SSSR count). The summed E-state index contributed by atoms with van der Waals surface area (Å²) < 4.78 is 5.72. The zero-order valence-corrected chi connectivity index (χ0v) is 32.5. The number of alkyl carbamates (subject to hydrolysis) is 1. The van der Waals surface area contributed by atoms with Crippen LogP contribution in [0.3, 0.4) is 0 Å². The van der Waals surface area contributed by atoms with E-state index in [0.717, 1.165) is 50.1 Å². The molecule has 1 heterocycles. The zero-order chi connectivity index (χ0) is 40.6. The molecule has 58 heavy (non-hydrogen) atoms. The molecule has 3 bridgehead atoms. The molecule has 1 aliphatic carbocycles. The molecule has 5 aromatic rings. The molecular weight excluding hydrogens is 731 g/mol. The number of carbonyl (C=O) groups is 5. The first-order valence-electron chi connectivity index (χ1n) is 19.6. The van der Waals surface area contributed by atoms with Gasteiger partial charge in [0.15, 0.2) is 0 Å². The first kappa shape index (κ1) is 39.5. The van der Waals surface area contributed by atoms with Crippen LogP contribution < -0.4 is 26.6 Å². The van der Waals surface area contributed by atoms with Crippen molar-refractivity contribution >= 4 is 29.7 Å². The molecule has 5 N–H and O–H groups in total. The van der Waals surface area contributed by atoms with Gasteiger partial charge >= 0.3 is 6.09 Å². The van der Waals surface area contributed by atoms with Crippen LogP contribution in [-0.4, -0.2) is 53.9 Å². The number of fused-ring (bicyclic) bond motifs is 2. The number of benzene rings is 5. The van der Waals surface area contributed by atoms with Crippen LogP contribution in [0.4, 0.5) is 4.79 Å². The van der Waals surface area contributed by atoms with E-state index in [2.05, 4.69) is 26.6 Å². The molecule has 1 aliphatic heterocycles. The van der Waals surface area contributed by atoms with E-state index in [4.69, 9.17) is 4.74 Å². The molecular formula is C47H47N5O6. The van der Waals surface area contributed by atoms with Crippen LogP contribution in [0, 0.1) is 5.92 Å². The lowest BCUT2D eigenvalue weighted by atomic mass is 9.86. The molecule has 296 valence electrons. The summed E-state index contributed by atoms with van der Waals surface area (Å²) in [6.45, 7) is 3.37. The number of amides is 5. The SMILES string of the molecule is CC(C)[C@@H]1NC(=O)C2(NC(=O)OCc3ccccc3)Cc3c(-c4ccccc4)cc(c(-c4ccccc4)c3C2)CNC(=O)CNC(=O)[C@H](Cc2ccccc2)NC1=O. The average Bonchev–Trinajstić information content (AvgIpc) is 3.63. The second kappa shape index (κ2) is 17.6.